The van der Waals surface area contributed by atoms with Gasteiger partial charge in [-0.2, -0.15) is 0 Å². The van der Waals surface area contributed by atoms with Crippen LogP contribution in [0.25, 0.3) is 0 Å². The van der Waals surface area contributed by atoms with Gasteiger partial charge in [0, 0.05) is 24.9 Å². The maximum atomic E-state index is 13.5. The van der Waals surface area contributed by atoms with Crippen molar-refractivity contribution in [1.82, 2.24) is 9.88 Å². The lowest BCUT2D eigenvalue weighted by Gasteiger charge is -2.30. The van der Waals surface area contributed by atoms with Crippen LogP contribution in [0.15, 0.2) is 0 Å². The molecule has 2 aliphatic rings. The van der Waals surface area contributed by atoms with Gasteiger partial charge in [-0.1, -0.05) is 0 Å². The minimum atomic E-state index is -3.15. The lowest BCUT2D eigenvalue weighted by Crippen LogP contribution is -2.45. The summed E-state index contributed by atoms with van der Waals surface area (Å²) < 4.78 is 35.0. The zero-order valence-corrected chi connectivity index (χ0v) is 18.3. The summed E-state index contributed by atoms with van der Waals surface area (Å²) >= 11 is 0. The Bertz CT molecular complexity index is 883. The summed E-state index contributed by atoms with van der Waals surface area (Å²) in [5.74, 6) is -0.722. The zero-order valence-electron chi connectivity index (χ0n) is 17.5. The lowest BCUT2D eigenvalue weighted by atomic mass is 10.1. The third kappa shape index (κ3) is 4.83. The molecular formula is C20H30N2O6S. The van der Waals surface area contributed by atoms with Gasteiger partial charge in [-0.05, 0) is 52.5 Å². The first-order valence-electron chi connectivity index (χ1n) is 10.1. The number of rotatable bonds is 6. The molecule has 0 spiro atoms. The Morgan fingerprint density at radius 2 is 2.00 bits per heavy atom. The summed E-state index contributed by atoms with van der Waals surface area (Å²) in [4.78, 5) is 30.6. The third-order valence-electron chi connectivity index (χ3n) is 5.53. The van der Waals surface area contributed by atoms with Gasteiger partial charge in [0.05, 0.1) is 29.3 Å². The van der Waals surface area contributed by atoms with E-state index in [0.29, 0.717) is 42.1 Å². The van der Waals surface area contributed by atoms with E-state index in [1.165, 1.54) is 0 Å². The highest BCUT2D eigenvalue weighted by Crippen LogP contribution is 2.26. The van der Waals surface area contributed by atoms with Gasteiger partial charge in [0.2, 0.25) is 0 Å². The molecule has 1 aromatic heterocycles. The second-order valence-corrected chi connectivity index (χ2v) is 10.5. The number of nitrogens with one attached hydrogen (secondary N) is 1. The number of nitrogens with zero attached hydrogens (tertiary/aromatic N) is 1. The van der Waals surface area contributed by atoms with E-state index in [1.54, 1.807) is 32.6 Å². The van der Waals surface area contributed by atoms with E-state index in [1.807, 2.05) is 0 Å². The number of H-pyrrole nitrogens is 1. The molecule has 2 fully saturated rings. The van der Waals surface area contributed by atoms with Crippen molar-refractivity contribution in [2.45, 2.75) is 65.2 Å². The molecule has 0 radical (unpaired) electrons. The van der Waals surface area contributed by atoms with Crippen molar-refractivity contribution in [2.75, 3.05) is 24.7 Å². The molecule has 2 aliphatic heterocycles. The average molecular weight is 427 g/mol. The van der Waals surface area contributed by atoms with Crippen LogP contribution in [0.1, 0.15) is 65.2 Å². The lowest BCUT2D eigenvalue weighted by molar-refractivity contribution is 0.0376. The van der Waals surface area contributed by atoms with Gasteiger partial charge in [0.25, 0.3) is 5.91 Å². The van der Waals surface area contributed by atoms with E-state index < -0.39 is 15.8 Å². The highest BCUT2D eigenvalue weighted by atomic mass is 32.2. The van der Waals surface area contributed by atoms with Crippen LogP contribution in [0.5, 0.6) is 0 Å². The summed E-state index contributed by atoms with van der Waals surface area (Å²) in [7, 11) is -3.15. The van der Waals surface area contributed by atoms with Crippen LogP contribution in [0, 0.1) is 13.8 Å². The Morgan fingerprint density at radius 3 is 2.55 bits per heavy atom. The summed E-state index contributed by atoms with van der Waals surface area (Å²) in [6.07, 6.45) is 1.83. The summed E-state index contributed by atoms with van der Waals surface area (Å²) in [6.45, 7) is 7.98. The summed E-state index contributed by atoms with van der Waals surface area (Å²) in [6, 6.07) is -0.384. The van der Waals surface area contributed by atoms with Crippen LogP contribution in [-0.2, 0) is 19.3 Å². The van der Waals surface area contributed by atoms with Gasteiger partial charge in [-0.15, -0.1) is 0 Å². The Kier molecular flexibility index (Phi) is 6.38. The molecule has 2 saturated heterocycles. The van der Waals surface area contributed by atoms with E-state index in [-0.39, 0.29) is 35.7 Å². The molecule has 3 heterocycles. The number of amides is 1. The Morgan fingerprint density at radius 1 is 1.28 bits per heavy atom. The van der Waals surface area contributed by atoms with Crippen molar-refractivity contribution in [3.63, 3.8) is 0 Å². The van der Waals surface area contributed by atoms with E-state index in [4.69, 9.17) is 9.47 Å². The fraction of sp³-hybridized carbons (Fsp3) is 0.700. The number of carbonyl (C=O) groups excluding carboxylic acids is 2. The van der Waals surface area contributed by atoms with Crippen molar-refractivity contribution in [2.24, 2.45) is 0 Å². The SMILES string of the molecule is Cc1[nH]c(C(=O)N(C[C@H]2CCCO2)[C@@H]2CCS(=O)(=O)C2)c(C)c1C(=O)OC(C)C. The first-order valence-corrected chi connectivity index (χ1v) is 11.9. The van der Waals surface area contributed by atoms with Crippen LogP contribution in [-0.4, -0.2) is 73.1 Å². The summed E-state index contributed by atoms with van der Waals surface area (Å²) in [5.41, 5.74) is 1.75. The van der Waals surface area contributed by atoms with Crippen molar-refractivity contribution in [1.29, 1.82) is 0 Å². The second-order valence-electron chi connectivity index (χ2n) is 8.23. The molecule has 0 saturated carbocycles. The van der Waals surface area contributed by atoms with Crippen molar-refractivity contribution >= 4 is 21.7 Å². The van der Waals surface area contributed by atoms with Gasteiger partial charge >= 0.3 is 5.97 Å². The standard InChI is InChI=1S/C20H30N2O6S/c1-12(2)28-20(24)17-13(3)18(21-14(17)4)19(23)22(10-16-6-5-8-27-16)15-7-9-29(25,26)11-15/h12,15-16,21H,5-11H2,1-4H3/t15-,16-/m1/s1. The van der Waals surface area contributed by atoms with Crippen LogP contribution in [0.3, 0.4) is 0 Å². The van der Waals surface area contributed by atoms with Gasteiger partial charge in [0.1, 0.15) is 5.69 Å². The maximum Gasteiger partial charge on any atom is 0.340 e. The number of esters is 1. The third-order valence-corrected chi connectivity index (χ3v) is 7.28. The number of ether oxygens (including phenoxy) is 2. The molecule has 0 bridgehead atoms. The number of aromatic amines is 1. The Labute approximate surface area is 171 Å². The number of aryl methyl sites for hydroxylation is 1. The highest BCUT2D eigenvalue weighted by Gasteiger charge is 2.38. The van der Waals surface area contributed by atoms with Crippen LogP contribution < -0.4 is 0 Å². The normalized spacial score (nSPS) is 23.5. The minimum absolute atomic E-state index is 0.0353. The molecule has 1 N–H and O–H groups in total. The van der Waals surface area contributed by atoms with E-state index in [2.05, 4.69) is 4.98 Å². The molecule has 3 rings (SSSR count). The largest absolute Gasteiger partial charge is 0.459 e. The molecule has 8 nitrogen and oxygen atoms in total. The van der Waals surface area contributed by atoms with E-state index in [0.717, 1.165) is 12.8 Å². The van der Waals surface area contributed by atoms with Crippen molar-refractivity contribution in [3.8, 4) is 0 Å². The molecule has 162 valence electrons. The first-order chi connectivity index (χ1) is 13.6. The predicted molar refractivity (Wildman–Crippen MR) is 108 cm³/mol. The topological polar surface area (TPSA) is 106 Å². The number of hydrogen-bond donors (Lipinski definition) is 1. The molecule has 9 heteroatoms. The van der Waals surface area contributed by atoms with Gasteiger partial charge in [-0.25, -0.2) is 13.2 Å². The fourth-order valence-corrected chi connectivity index (χ4v) is 5.84. The van der Waals surface area contributed by atoms with Crippen LogP contribution in [0.2, 0.25) is 0 Å². The Hall–Kier alpha value is -1.87. The molecule has 1 aromatic rings. The first kappa shape index (κ1) is 21.8. The van der Waals surface area contributed by atoms with Gasteiger partial charge in [0.15, 0.2) is 9.84 Å². The van der Waals surface area contributed by atoms with Crippen LogP contribution >= 0.6 is 0 Å². The molecule has 0 unspecified atom stereocenters. The summed E-state index contributed by atoms with van der Waals surface area (Å²) in [5, 5.41) is 0. The number of hydrogen-bond acceptors (Lipinski definition) is 6. The van der Waals surface area contributed by atoms with Crippen LogP contribution in [0.4, 0.5) is 0 Å². The van der Waals surface area contributed by atoms with Gasteiger partial charge in [-0.3, -0.25) is 4.79 Å². The maximum absolute atomic E-state index is 13.5. The molecule has 1 amide bonds. The molecule has 0 aromatic carbocycles. The smallest absolute Gasteiger partial charge is 0.340 e. The number of sulfone groups is 1. The highest BCUT2D eigenvalue weighted by molar-refractivity contribution is 7.91. The zero-order chi connectivity index (χ0) is 21.3. The van der Waals surface area contributed by atoms with E-state index in [9.17, 15) is 18.0 Å². The van der Waals surface area contributed by atoms with Crippen molar-refractivity contribution < 1.29 is 27.5 Å². The fourth-order valence-electron chi connectivity index (χ4n) is 4.11. The predicted octanol–water partition coefficient (Wildman–Crippen LogP) is 2.01. The second kappa shape index (κ2) is 8.47. The quantitative estimate of drug-likeness (QED) is 0.698. The molecule has 29 heavy (non-hydrogen) atoms. The van der Waals surface area contributed by atoms with Gasteiger partial charge < -0.3 is 19.4 Å². The molecule has 0 aliphatic carbocycles. The molecule has 2 atom stereocenters. The minimum Gasteiger partial charge on any atom is -0.459 e. The molecular weight excluding hydrogens is 396 g/mol. The number of aromatic nitrogens is 1. The van der Waals surface area contributed by atoms with E-state index >= 15 is 0 Å². The average Bonchev–Trinajstić information content (AvgIpc) is 3.31. The monoisotopic (exact) mass is 426 g/mol. The Balaban J connectivity index is 1.90. The number of carbonyl (C=O) groups is 2. The van der Waals surface area contributed by atoms with Crippen molar-refractivity contribution in [3.05, 3.63) is 22.5 Å².